The number of allylic oxidation sites excluding steroid dienone is 2. The number of ketones is 1. The maximum atomic E-state index is 12.2. The number of hydrogen-bond donors (Lipinski definition) is 0. The molecule has 0 aromatic rings. The van der Waals surface area contributed by atoms with Gasteiger partial charge >= 0.3 is 0 Å². The first kappa shape index (κ1) is 10.7. The minimum absolute atomic E-state index is 0.155. The molecule has 3 aliphatic carbocycles. The van der Waals surface area contributed by atoms with Crippen LogP contribution in [0.25, 0.3) is 0 Å². The monoisotopic (exact) mass is 204 g/mol. The second-order valence-corrected chi connectivity index (χ2v) is 5.30. The molecule has 1 heteroatoms. The molecule has 0 spiro atoms. The van der Waals surface area contributed by atoms with Crippen LogP contribution < -0.4 is 0 Å². The lowest BCUT2D eigenvalue weighted by Crippen LogP contribution is -2.51. The van der Waals surface area contributed by atoms with Gasteiger partial charge in [-0.15, -0.1) is 13.2 Å². The van der Waals surface area contributed by atoms with Crippen molar-refractivity contribution in [3.8, 4) is 0 Å². The van der Waals surface area contributed by atoms with E-state index < -0.39 is 0 Å². The second kappa shape index (κ2) is 3.62. The van der Waals surface area contributed by atoms with E-state index in [4.69, 9.17) is 0 Å². The highest BCUT2D eigenvalue weighted by Crippen LogP contribution is 2.56. The average Bonchev–Trinajstić information content (AvgIpc) is 2.24. The van der Waals surface area contributed by atoms with Crippen LogP contribution in [0.15, 0.2) is 25.3 Å². The second-order valence-electron chi connectivity index (χ2n) is 5.30. The van der Waals surface area contributed by atoms with Gasteiger partial charge in [0.2, 0.25) is 0 Å². The van der Waals surface area contributed by atoms with Crippen molar-refractivity contribution < 1.29 is 4.79 Å². The summed E-state index contributed by atoms with van der Waals surface area (Å²) in [7, 11) is 0. The molecule has 15 heavy (non-hydrogen) atoms. The summed E-state index contributed by atoms with van der Waals surface area (Å²) in [6.45, 7) is 9.97. The van der Waals surface area contributed by atoms with Gasteiger partial charge < -0.3 is 0 Å². The van der Waals surface area contributed by atoms with Crippen LogP contribution in [0.3, 0.4) is 0 Å². The minimum atomic E-state index is 0.155. The number of fused-ring (bicyclic) bond motifs is 3. The third-order valence-corrected chi connectivity index (χ3v) is 4.65. The Bertz CT molecular complexity index is 304. The summed E-state index contributed by atoms with van der Waals surface area (Å²) in [5.74, 6) is 1.52. The fourth-order valence-corrected chi connectivity index (χ4v) is 3.58. The lowest BCUT2D eigenvalue weighted by atomic mass is 9.50. The molecule has 0 amide bonds. The maximum Gasteiger partial charge on any atom is 0.139 e. The lowest BCUT2D eigenvalue weighted by molar-refractivity contribution is -0.145. The third-order valence-electron chi connectivity index (χ3n) is 4.65. The van der Waals surface area contributed by atoms with Crippen molar-refractivity contribution in [2.24, 2.45) is 23.2 Å². The molecule has 0 heterocycles. The Hall–Kier alpha value is -0.850. The van der Waals surface area contributed by atoms with Crippen molar-refractivity contribution in [1.29, 1.82) is 0 Å². The van der Waals surface area contributed by atoms with E-state index in [9.17, 15) is 4.79 Å². The van der Waals surface area contributed by atoms with Crippen LogP contribution in [-0.4, -0.2) is 5.78 Å². The van der Waals surface area contributed by atoms with Crippen LogP contribution in [0.5, 0.6) is 0 Å². The molecule has 0 aromatic carbocycles. The zero-order chi connectivity index (χ0) is 11.1. The fraction of sp³-hybridized carbons (Fsp3) is 0.643. The van der Waals surface area contributed by atoms with E-state index >= 15 is 0 Å². The molecule has 4 atom stereocenters. The summed E-state index contributed by atoms with van der Waals surface area (Å²) in [6.07, 6.45) is 8.11. The molecule has 0 aliphatic heterocycles. The van der Waals surface area contributed by atoms with Gasteiger partial charge in [0.25, 0.3) is 0 Å². The Morgan fingerprint density at radius 3 is 2.87 bits per heavy atom. The third kappa shape index (κ3) is 1.40. The molecular weight excluding hydrogens is 184 g/mol. The maximum absolute atomic E-state index is 12.2. The quantitative estimate of drug-likeness (QED) is 0.644. The fourth-order valence-electron chi connectivity index (χ4n) is 3.58. The molecule has 3 saturated carbocycles. The van der Waals surface area contributed by atoms with Crippen molar-refractivity contribution in [2.45, 2.75) is 32.6 Å². The summed E-state index contributed by atoms with van der Waals surface area (Å²) < 4.78 is 0. The van der Waals surface area contributed by atoms with Gasteiger partial charge in [0.15, 0.2) is 0 Å². The lowest BCUT2D eigenvalue weighted by Gasteiger charge is -2.53. The summed E-state index contributed by atoms with van der Waals surface area (Å²) in [5.41, 5.74) is 0.155. The van der Waals surface area contributed by atoms with Crippen molar-refractivity contribution in [3.63, 3.8) is 0 Å². The standard InChI is InChI=1S/C14H20O/c1-4-6-12-13(15)10-7-8-14(12,3)11(5-2)9-10/h4-5,10-12H,1-2,6-9H2,3H3/t10-,11-,12-,14+/m1/s1. The summed E-state index contributed by atoms with van der Waals surface area (Å²) >= 11 is 0. The first-order chi connectivity index (χ1) is 7.13. The Kier molecular flexibility index (Phi) is 2.57. The van der Waals surface area contributed by atoms with Crippen LogP contribution in [0.4, 0.5) is 0 Å². The number of Topliss-reactive ketones (excluding diaryl/α,β-unsaturated/α-hetero) is 1. The Labute approximate surface area is 92.3 Å². The average molecular weight is 204 g/mol. The predicted molar refractivity (Wildman–Crippen MR) is 62.4 cm³/mol. The first-order valence-corrected chi connectivity index (χ1v) is 5.90. The molecular formula is C14H20O. The molecule has 3 rings (SSSR count). The van der Waals surface area contributed by atoms with Gasteiger partial charge in [0.1, 0.15) is 5.78 Å². The number of carbonyl (C=O) groups excluding carboxylic acids is 1. The van der Waals surface area contributed by atoms with E-state index in [0.29, 0.717) is 17.6 Å². The molecule has 0 aromatic heterocycles. The number of rotatable bonds is 3. The minimum Gasteiger partial charge on any atom is -0.299 e. The molecule has 3 fully saturated rings. The van der Waals surface area contributed by atoms with Crippen LogP contribution >= 0.6 is 0 Å². The van der Waals surface area contributed by atoms with E-state index in [-0.39, 0.29) is 11.3 Å². The molecule has 82 valence electrons. The largest absolute Gasteiger partial charge is 0.299 e. The topological polar surface area (TPSA) is 17.1 Å². The number of hydrogen-bond acceptors (Lipinski definition) is 1. The molecule has 0 saturated heterocycles. The van der Waals surface area contributed by atoms with E-state index in [1.807, 2.05) is 6.08 Å². The van der Waals surface area contributed by atoms with E-state index in [0.717, 1.165) is 19.3 Å². The zero-order valence-electron chi connectivity index (χ0n) is 9.54. The van der Waals surface area contributed by atoms with Crippen LogP contribution in [-0.2, 0) is 4.79 Å². The van der Waals surface area contributed by atoms with Gasteiger partial charge in [0, 0.05) is 11.8 Å². The van der Waals surface area contributed by atoms with Gasteiger partial charge in [0.05, 0.1) is 0 Å². The Morgan fingerprint density at radius 1 is 1.53 bits per heavy atom. The smallest absolute Gasteiger partial charge is 0.139 e. The molecule has 2 bridgehead atoms. The Balaban J connectivity index is 2.33. The van der Waals surface area contributed by atoms with Crippen molar-refractivity contribution in [1.82, 2.24) is 0 Å². The van der Waals surface area contributed by atoms with E-state index in [2.05, 4.69) is 26.2 Å². The molecule has 3 aliphatic rings. The van der Waals surface area contributed by atoms with Gasteiger partial charge in [-0.05, 0) is 37.0 Å². The number of carbonyl (C=O) groups is 1. The SMILES string of the molecule is C=CC[C@@H]1C(=O)[C@@H]2CC[C@@]1(C)[C@H](C=C)C2. The predicted octanol–water partition coefficient (Wildman–Crippen LogP) is 3.37. The summed E-state index contributed by atoms with van der Waals surface area (Å²) in [5, 5.41) is 0. The highest BCUT2D eigenvalue weighted by molar-refractivity contribution is 5.86. The van der Waals surface area contributed by atoms with Crippen LogP contribution in [0.2, 0.25) is 0 Å². The zero-order valence-corrected chi connectivity index (χ0v) is 9.54. The van der Waals surface area contributed by atoms with Crippen molar-refractivity contribution in [3.05, 3.63) is 25.3 Å². The van der Waals surface area contributed by atoms with Crippen molar-refractivity contribution in [2.75, 3.05) is 0 Å². The van der Waals surface area contributed by atoms with Gasteiger partial charge in [-0.2, -0.15) is 0 Å². The van der Waals surface area contributed by atoms with E-state index in [1.165, 1.54) is 6.42 Å². The van der Waals surface area contributed by atoms with Gasteiger partial charge in [-0.3, -0.25) is 4.79 Å². The van der Waals surface area contributed by atoms with Gasteiger partial charge in [-0.1, -0.05) is 19.1 Å². The molecule has 0 radical (unpaired) electrons. The van der Waals surface area contributed by atoms with E-state index in [1.54, 1.807) is 0 Å². The normalized spacial score (nSPS) is 44.1. The summed E-state index contributed by atoms with van der Waals surface area (Å²) in [6, 6.07) is 0. The molecule has 0 unspecified atom stereocenters. The molecule has 0 N–H and O–H groups in total. The summed E-state index contributed by atoms with van der Waals surface area (Å²) in [4.78, 5) is 12.2. The van der Waals surface area contributed by atoms with Crippen molar-refractivity contribution >= 4 is 5.78 Å². The van der Waals surface area contributed by atoms with Crippen LogP contribution in [0.1, 0.15) is 32.6 Å². The molecule has 1 nitrogen and oxygen atoms in total. The van der Waals surface area contributed by atoms with Gasteiger partial charge in [-0.25, -0.2) is 0 Å². The van der Waals surface area contributed by atoms with Crippen LogP contribution in [0, 0.1) is 23.2 Å². The first-order valence-electron chi connectivity index (χ1n) is 5.90. The highest BCUT2D eigenvalue weighted by atomic mass is 16.1. The highest BCUT2D eigenvalue weighted by Gasteiger charge is 2.53. The Morgan fingerprint density at radius 2 is 2.27 bits per heavy atom.